The maximum absolute atomic E-state index is 13.0. The van der Waals surface area contributed by atoms with Gasteiger partial charge in [0.2, 0.25) is 5.91 Å². The molecule has 3 N–H and O–H groups in total. The molecular weight excluding hydrogens is 510 g/mol. The molecule has 3 aromatic rings. The maximum Gasteiger partial charge on any atom is 0.416 e. The number of nitrogens with one attached hydrogen (secondary N) is 1. The predicted octanol–water partition coefficient (Wildman–Crippen LogP) is 5.24. The lowest BCUT2D eigenvalue weighted by Crippen LogP contribution is -2.20. The molecule has 0 fully saturated rings. The molecule has 0 aliphatic rings. The molecule has 2 aromatic carbocycles. The van der Waals surface area contributed by atoms with E-state index in [-0.39, 0.29) is 17.0 Å². The van der Waals surface area contributed by atoms with Gasteiger partial charge in [-0.3, -0.25) is 14.2 Å². The second-order valence-electron chi connectivity index (χ2n) is 6.75. The Bertz CT molecular complexity index is 1240. The van der Waals surface area contributed by atoms with Crippen molar-refractivity contribution in [3.63, 3.8) is 0 Å². The third kappa shape index (κ3) is 6.23. The lowest BCUT2D eigenvalue weighted by molar-refractivity contribution is -0.143. The number of nitrogens with zero attached hydrogens (tertiary/aromatic N) is 2. The second kappa shape index (κ2) is 9.58. The number of amides is 1. The number of hydrogen-bond donors (Lipinski definition) is 2. The van der Waals surface area contributed by atoms with Crippen LogP contribution in [-0.4, -0.2) is 21.2 Å². The lowest BCUT2D eigenvalue weighted by Gasteiger charge is -2.16. The van der Waals surface area contributed by atoms with E-state index in [9.17, 15) is 35.9 Å². The van der Waals surface area contributed by atoms with Crippen molar-refractivity contribution in [2.45, 2.75) is 17.5 Å². The number of benzene rings is 2. The van der Waals surface area contributed by atoms with Crippen molar-refractivity contribution < 1.29 is 31.1 Å². The van der Waals surface area contributed by atoms with Gasteiger partial charge in [0.1, 0.15) is 5.82 Å². The predicted molar refractivity (Wildman–Crippen MR) is 115 cm³/mol. The first kappa shape index (κ1) is 25.4. The van der Waals surface area contributed by atoms with Gasteiger partial charge in [-0.05, 0) is 42.5 Å². The smallest absolute Gasteiger partial charge is 0.385 e. The summed E-state index contributed by atoms with van der Waals surface area (Å²) in [7, 11) is 0. The van der Waals surface area contributed by atoms with Gasteiger partial charge < -0.3 is 11.1 Å². The number of nitrogens with two attached hydrogens (primary N) is 1. The monoisotopic (exact) mass is 522 g/mol. The van der Waals surface area contributed by atoms with Crippen LogP contribution in [0.2, 0.25) is 5.02 Å². The fraction of sp³-hybridized carbons (Fsp3) is 0.150. The van der Waals surface area contributed by atoms with Gasteiger partial charge in [0.05, 0.1) is 16.9 Å². The Balaban J connectivity index is 1.85. The Kier molecular flexibility index (Phi) is 7.17. The number of aromatic nitrogens is 2. The minimum Gasteiger partial charge on any atom is -0.385 e. The highest BCUT2D eigenvalue weighted by atomic mass is 35.5. The first-order valence-corrected chi connectivity index (χ1v) is 10.5. The standard InChI is InChI=1S/C20H13ClF6N4O2S/c21-12-1-3-14(4-2-12)31-15(28)8-16(32)30-18(31)34-9-17(33)29-13-6-10(19(22,23)24)5-11(7-13)20(25,26)27/h1-8H,9,28H2,(H,29,33). The van der Waals surface area contributed by atoms with Crippen LogP contribution >= 0.6 is 23.4 Å². The molecule has 180 valence electrons. The topological polar surface area (TPSA) is 90.0 Å². The third-order valence-corrected chi connectivity index (χ3v) is 5.41. The molecule has 1 heterocycles. The molecule has 0 saturated heterocycles. The Morgan fingerprint density at radius 3 is 2.09 bits per heavy atom. The first-order chi connectivity index (χ1) is 15.7. The molecule has 34 heavy (non-hydrogen) atoms. The zero-order valence-electron chi connectivity index (χ0n) is 16.7. The number of carbonyl (C=O) groups is 1. The fourth-order valence-electron chi connectivity index (χ4n) is 2.78. The molecule has 0 spiro atoms. The largest absolute Gasteiger partial charge is 0.416 e. The number of nitrogen functional groups attached to an aromatic ring is 1. The van der Waals surface area contributed by atoms with Crippen LogP contribution in [0, 0.1) is 0 Å². The van der Waals surface area contributed by atoms with Crippen molar-refractivity contribution in [2.75, 3.05) is 16.8 Å². The van der Waals surface area contributed by atoms with E-state index in [1.807, 2.05) is 5.32 Å². The zero-order chi connectivity index (χ0) is 25.3. The first-order valence-electron chi connectivity index (χ1n) is 9.11. The van der Waals surface area contributed by atoms with Crippen LogP contribution in [0.3, 0.4) is 0 Å². The van der Waals surface area contributed by atoms with E-state index in [4.69, 9.17) is 17.3 Å². The molecule has 0 radical (unpaired) electrons. The van der Waals surface area contributed by atoms with Crippen LogP contribution in [0.25, 0.3) is 5.69 Å². The van der Waals surface area contributed by atoms with E-state index < -0.39 is 46.4 Å². The molecule has 6 nitrogen and oxygen atoms in total. The molecule has 0 aliphatic carbocycles. The van der Waals surface area contributed by atoms with Gasteiger partial charge >= 0.3 is 12.4 Å². The molecular formula is C20H13ClF6N4O2S. The minimum atomic E-state index is -5.06. The number of rotatable bonds is 5. The quantitative estimate of drug-likeness (QED) is 0.272. The van der Waals surface area contributed by atoms with Crippen LogP contribution < -0.4 is 16.6 Å². The molecule has 3 rings (SSSR count). The average molecular weight is 523 g/mol. The second-order valence-corrected chi connectivity index (χ2v) is 8.12. The highest BCUT2D eigenvalue weighted by Crippen LogP contribution is 2.37. The summed E-state index contributed by atoms with van der Waals surface area (Å²) in [5.74, 6) is -1.45. The SMILES string of the molecule is Nc1cc(=O)nc(SCC(=O)Nc2cc(C(F)(F)F)cc(C(F)(F)F)c2)n1-c1ccc(Cl)cc1. The van der Waals surface area contributed by atoms with Crippen LogP contribution in [0.5, 0.6) is 0 Å². The molecule has 0 atom stereocenters. The van der Waals surface area contributed by atoms with E-state index in [2.05, 4.69) is 4.98 Å². The summed E-state index contributed by atoms with van der Waals surface area (Å²) in [6.45, 7) is 0. The fourth-order valence-corrected chi connectivity index (χ4v) is 3.73. The molecule has 0 aliphatic heterocycles. The maximum atomic E-state index is 13.0. The van der Waals surface area contributed by atoms with Crippen molar-refractivity contribution >= 4 is 40.8 Å². The Morgan fingerprint density at radius 1 is 1.00 bits per heavy atom. The van der Waals surface area contributed by atoms with Gasteiger partial charge in [-0.15, -0.1) is 0 Å². The number of thioether (sulfide) groups is 1. The van der Waals surface area contributed by atoms with Crippen LogP contribution in [0.4, 0.5) is 37.8 Å². The van der Waals surface area contributed by atoms with Gasteiger partial charge in [0.25, 0.3) is 5.56 Å². The number of alkyl halides is 6. The molecule has 14 heteroatoms. The Hall–Kier alpha value is -3.19. The summed E-state index contributed by atoms with van der Waals surface area (Å²) < 4.78 is 79.4. The molecule has 0 bridgehead atoms. The van der Waals surface area contributed by atoms with Crippen LogP contribution in [-0.2, 0) is 17.1 Å². The van der Waals surface area contributed by atoms with E-state index in [0.717, 1.165) is 6.07 Å². The molecule has 1 aromatic heterocycles. The number of hydrogen-bond acceptors (Lipinski definition) is 5. The normalized spacial score (nSPS) is 12.0. The van der Waals surface area contributed by atoms with Crippen LogP contribution in [0.1, 0.15) is 11.1 Å². The summed E-state index contributed by atoms with van der Waals surface area (Å²) in [4.78, 5) is 27.9. The lowest BCUT2D eigenvalue weighted by atomic mass is 10.1. The van der Waals surface area contributed by atoms with Crippen molar-refractivity contribution in [3.8, 4) is 5.69 Å². The van der Waals surface area contributed by atoms with E-state index in [1.54, 1.807) is 24.3 Å². The van der Waals surface area contributed by atoms with Crippen LogP contribution in [0.15, 0.2) is 58.5 Å². The number of carbonyl (C=O) groups excluding carboxylic acids is 1. The Labute approximate surface area is 196 Å². The van der Waals surface area contributed by atoms with Gasteiger partial charge in [0, 0.05) is 22.5 Å². The third-order valence-electron chi connectivity index (χ3n) is 4.22. The summed E-state index contributed by atoms with van der Waals surface area (Å²) in [5, 5.41) is 2.40. The molecule has 0 unspecified atom stereocenters. The van der Waals surface area contributed by atoms with Crippen molar-refractivity contribution in [2.24, 2.45) is 0 Å². The highest BCUT2D eigenvalue weighted by molar-refractivity contribution is 7.99. The van der Waals surface area contributed by atoms with Gasteiger partial charge in [0.15, 0.2) is 5.16 Å². The summed E-state index contributed by atoms with van der Waals surface area (Å²) in [5.41, 5.74) is 1.81. The van der Waals surface area contributed by atoms with E-state index in [1.165, 1.54) is 4.57 Å². The van der Waals surface area contributed by atoms with E-state index >= 15 is 0 Å². The zero-order valence-corrected chi connectivity index (χ0v) is 18.2. The molecule has 0 saturated carbocycles. The van der Waals surface area contributed by atoms with Gasteiger partial charge in [-0.2, -0.15) is 31.3 Å². The van der Waals surface area contributed by atoms with Crippen molar-refractivity contribution in [3.05, 3.63) is 75.0 Å². The Morgan fingerprint density at radius 2 is 1.56 bits per heavy atom. The average Bonchev–Trinajstić information content (AvgIpc) is 2.71. The summed E-state index contributed by atoms with van der Waals surface area (Å²) in [6.07, 6.45) is -10.1. The van der Waals surface area contributed by atoms with Crippen molar-refractivity contribution in [1.29, 1.82) is 0 Å². The van der Waals surface area contributed by atoms with E-state index in [0.29, 0.717) is 34.6 Å². The number of halogens is 7. The number of anilines is 2. The van der Waals surface area contributed by atoms with Crippen molar-refractivity contribution in [1.82, 2.24) is 9.55 Å². The summed E-state index contributed by atoms with van der Waals surface area (Å²) >= 11 is 6.56. The molecule has 1 amide bonds. The van der Waals surface area contributed by atoms with Gasteiger partial charge in [-0.1, -0.05) is 23.4 Å². The minimum absolute atomic E-state index is 0.0158. The highest BCUT2D eigenvalue weighted by Gasteiger charge is 2.37. The van der Waals surface area contributed by atoms with Gasteiger partial charge in [-0.25, -0.2) is 0 Å². The summed E-state index contributed by atoms with van der Waals surface area (Å²) in [6, 6.07) is 7.99.